The van der Waals surface area contributed by atoms with E-state index >= 15 is 0 Å². The smallest absolute Gasteiger partial charge is 0.141 e. The van der Waals surface area contributed by atoms with E-state index in [9.17, 15) is 4.79 Å². The molecule has 0 saturated heterocycles. The van der Waals surface area contributed by atoms with Gasteiger partial charge in [-0.15, -0.1) is 0 Å². The van der Waals surface area contributed by atoms with Gasteiger partial charge in [-0.1, -0.05) is 54.6 Å². The van der Waals surface area contributed by atoms with Gasteiger partial charge in [-0.3, -0.25) is 4.79 Å². The summed E-state index contributed by atoms with van der Waals surface area (Å²) in [6.07, 6.45) is 0.875. The van der Waals surface area contributed by atoms with Crippen molar-refractivity contribution in [2.75, 3.05) is 0 Å². The maximum absolute atomic E-state index is 12.2. The average Bonchev–Trinajstić information content (AvgIpc) is 2.59. The van der Waals surface area contributed by atoms with Gasteiger partial charge >= 0.3 is 0 Å². The molecule has 2 nitrogen and oxygen atoms in total. The first-order valence-corrected chi connectivity index (χ1v) is 8.57. The van der Waals surface area contributed by atoms with E-state index in [4.69, 9.17) is 4.74 Å². The molecule has 3 heteroatoms. The second-order valence-corrected chi connectivity index (χ2v) is 6.41. The van der Waals surface area contributed by atoms with Crippen LogP contribution in [0.15, 0.2) is 83.3 Å². The molecule has 3 rings (SSSR count). The fraction of sp³-hybridized carbons (Fsp3) is 0.0952. The van der Waals surface area contributed by atoms with Gasteiger partial charge in [0.2, 0.25) is 0 Å². The van der Waals surface area contributed by atoms with Gasteiger partial charge in [0.05, 0.1) is 4.47 Å². The van der Waals surface area contributed by atoms with Crippen molar-refractivity contribution in [3.8, 4) is 11.5 Å². The molecule has 0 spiro atoms. The Kier molecular flexibility index (Phi) is 5.44. The first-order chi connectivity index (χ1) is 11.7. The molecule has 0 aliphatic carbocycles. The molecule has 0 N–H and O–H groups in total. The quantitative estimate of drug-likeness (QED) is 0.556. The standard InChI is InChI=1S/C21H17BrO2/c22-20-15-17(14-18(23)13-16-7-3-1-4-8-16)11-12-21(20)24-19-9-5-2-6-10-19/h1-12,15H,13-14H2. The van der Waals surface area contributed by atoms with E-state index in [1.54, 1.807) is 0 Å². The fourth-order valence-corrected chi connectivity index (χ4v) is 2.97. The molecular weight excluding hydrogens is 364 g/mol. The van der Waals surface area contributed by atoms with Crippen molar-refractivity contribution in [2.45, 2.75) is 12.8 Å². The van der Waals surface area contributed by atoms with Gasteiger partial charge in [0.1, 0.15) is 17.3 Å². The fourth-order valence-electron chi connectivity index (χ4n) is 2.47. The maximum atomic E-state index is 12.2. The van der Waals surface area contributed by atoms with Crippen molar-refractivity contribution in [2.24, 2.45) is 0 Å². The molecule has 0 amide bonds. The number of carbonyl (C=O) groups is 1. The second-order valence-electron chi connectivity index (χ2n) is 5.56. The van der Waals surface area contributed by atoms with Crippen LogP contribution < -0.4 is 4.74 Å². The lowest BCUT2D eigenvalue weighted by molar-refractivity contribution is -0.117. The van der Waals surface area contributed by atoms with E-state index in [1.165, 1.54) is 0 Å². The third-order valence-corrected chi connectivity index (χ3v) is 4.23. The molecule has 0 atom stereocenters. The molecule has 120 valence electrons. The maximum Gasteiger partial charge on any atom is 0.141 e. The van der Waals surface area contributed by atoms with E-state index in [1.807, 2.05) is 78.9 Å². The molecule has 0 heterocycles. The SMILES string of the molecule is O=C(Cc1ccccc1)Cc1ccc(Oc2ccccc2)c(Br)c1. The summed E-state index contributed by atoms with van der Waals surface area (Å²) in [5, 5.41) is 0. The van der Waals surface area contributed by atoms with Gasteiger partial charge in [-0.05, 0) is 51.3 Å². The van der Waals surface area contributed by atoms with E-state index in [0.29, 0.717) is 12.8 Å². The molecule has 0 bridgehead atoms. The third-order valence-electron chi connectivity index (χ3n) is 3.61. The van der Waals surface area contributed by atoms with Crippen LogP contribution in [0.2, 0.25) is 0 Å². The summed E-state index contributed by atoms with van der Waals surface area (Å²) in [7, 11) is 0. The highest BCUT2D eigenvalue weighted by Crippen LogP contribution is 2.30. The topological polar surface area (TPSA) is 26.3 Å². The minimum Gasteiger partial charge on any atom is -0.456 e. The predicted octanol–water partition coefficient (Wildman–Crippen LogP) is 5.60. The van der Waals surface area contributed by atoms with Crippen molar-refractivity contribution in [1.82, 2.24) is 0 Å². The van der Waals surface area contributed by atoms with Crippen LogP contribution >= 0.6 is 15.9 Å². The van der Waals surface area contributed by atoms with Crippen LogP contribution in [0.5, 0.6) is 11.5 Å². The summed E-state index contributed by atoms with van der Waals surface area (Å²) in [4.78, 5) is 12.2. The number of para-hydroxylation sites is 1. The zero-order chi connectivity index (χ0) is 16.8. The van der Waals surface area contributed by atoms with Crippen molar-refractivity contribution in [3.05, 3.63) is 94.5 Å². The number of Topliss-reactive ketones (excluding diaryl/α,β-unsaturated/α-hetero) is 1. The molecule has 24 heavy (non-hydrogen) atoms. The number of benzene rings is 3. The molecule has 3 aromatic carbocycles. The number of rotatable bonds is 6. The number of ketones is 1. The Balaban J connectivity index is 1.65. The number of carbonyl (C=O) groups excluding carboxylic acids is 1. The van der Waals surface area contributed by atoms with Crippen LogP contribution in [-0.4, -0.2) is 5.78 Å². The van der Waals surface area contributed by atoms with Gasteiger partial charge in [-0.2, -0.15) is 0 Å². The first kappa shape index (κ1) is 16.5. The highest BCUT2D eigenvalue weighted by Gasteiger charge is 2.08. The van der Waals surface area contributed by atoms with Crippen LogP contribution in [0.1, 0.15) is 11.1 Å². The van der Waals surface area contributed by atoms with E-state index in [0.717, 1.165) is 27.1 Å². The lowest BCUT2D eigenvalue weighted by atomic mass is 10.0. The van der Waals surface area contributed by atoms with Gasteiger partial charge in [0, 0.05) is 12.8 Å². The lowest BCUT2D eigenvalue weighted by Gasteiger charge is -2.09. The van der Waals surface area contributed by atoms with E-state index in [2.05, 4.69) is 15.9 Å². The first-order valence-electron chi connectivity index (χ1n) is 7.77. The van der Waals surface area contributed by atoms with Crippen LogP contribution in [-0.2, 0) is 17.6 Å². The molecule has 3 aromatic rings. The number of halogens is 1. The van der Waals surface area contributed by atoms with Gasteiger partial charge in [-0.25, -0.2) is 0 Å². The van der Waals surface area contributed by atoms with Gasteiger partial charge in [0.25, 0.3) is 0 Å². The Labute approximate surface area is 150 Å². The molecular formula is C21H17BrO2. The Bertz CT molecular complexity index is 814. The van der Waals surface area contributed by atoms with Gasteiger partial charge < -0.3 is 4.74 Å². The molecule has 0 aromatic heterocycles. The van der Waals surface area contributed by atoms with Crippen LogP contribution in [0.4, 0.5) is 0 Å². The van der Waals surface area contributed by atoms with Crippen molar-refractivity contribution in [3.63, 3.8) is 0 Å². The summed E-state index contributed by atoms with van der Waals surface area (Å²) in [5.74, 6) is 1.72. The number of ether oxygens (including phenoxy) is 1. The molecule has 0 radical (unpaired) electrons. The zero-order valence-electron chi connectivity index (χ0n) is 13.1. The molecule has 0 unspecified atom stereocenters. The Hall–Kier alpha value is -2.39. The summed E-state index contributed by atoms with van der Waals surface area (Å²) in [5.41, 5.74) is 2.02. The van der Waals surface area contributed by atoms with Crippen molar-refractivity contribution in [1.29, 1.82) is 0 Å². The normalized spacial score (nSPS) is 10.4. The highest BCUT2D eigenvalue weighted by atomic mass is 79.9. The summed E-state index contributed by atoms with van der Waals surface area (Å²) in [6, 6.07) is 25.2. The third kappa shape index (κ3) is 4.56. The Morgan fingerprint density at radius 1 is 0.792 bits per heavy atom. The molecule has 0 aliphatic rings. The van der Waals surface area contributed by atoms with Crippen LogP contribution in [0.25, 0.3) is 0 Å². The lowest BCUT2D eigenvalue weighted by Crippen LogP contribution is -2.06. The molecule has 0 aliphatic heterocycles. The van der Waals surface area contributed by atoms with Crippen LogP contribution in [0.3, 0.4) is 0 Å². The second kappa shape index (κ2) is 7.93. The minimum absolute atomic E-state index is 0.199. The number of hydrogen-bond donors (Lipinski definition) is 0. The molecule has 0 saturated carbocycles. The van der Waals surface area contributed by atoms with Crippen molar-refractivity contribution >= 4 is 21.7 Å². The van der Waals surface area contributed by atoms with E-state index in [-0.39, 0.29) is 5.78 Å². The van der Waals surface area contributed by atoms with Crippen LogP contribution in [0, 0.1) is 0 Å². The Morgan fingerprint density at radius 3 is 2.08 bits per heavy atom. The minimum atomic E-state index is 0.199. The summed E-state index contributed by atoms with van der Waals surface area (Å²) < 4.78 is 6.68. The largest absolute Gasteiger partial charge is 0.456 e. The Morgan fingerprint density at radius 2 is 1.42 bits per heavy atom. The zero-order valence-corrected chi connectivity index (χ0v) is 14.7. The van der Waals surface area contributed by atoms with E-state index < -0.39 is 0 Å². The molecule has 0 fully saturated rings. The number of hydrogen-bond acceptors (Lipinski definition) is 2. The van der Waals surface area contributed by atoms with Gasteiger partial charge in [0.15, 0.2) is 0 Å². The average molecular weight is 381 g/mol. The summed E-state index contributed by atoms with van der Waals surface area (Å²) in [6.45, 7) is 0. The highest BCUT2D eigenvalue weighted by molar-refractivity contribution is 9.10. The van der Waals surface area contributed by atoms with Crippen molar-refractivity contribution < 1.29 is 9.53 Å². The predicted molar refractivity (Wildman–Crippen MR) is 99.5 cm³/mol. The monoisotopic (exact) mass is 380 g/mol. The summed E-state index contributed by atoms with van der Waals surface area (Å²) >= 11 is 3.53.